The first kappa shape index (κ1) is 14.6. The molecule has 0 bridgehead atoms. The van der Waals surface area contributed by atoms with E-state index in [9.17, 15) is 8.42 Å². The van der Waals surface area contributed by atoms with Crippen molar-refractivity contribution >= 4 is 27.0 Å². The van der Waals surface area contributed by atoms with Gasteiger partial charge < -0.3 is 5.32 Å². The van der Waals surface area contributed by atoms with E-state index in [0.717, 1.165) is 30.0 Å². The molecule has 0 amide bonds. The van der Waals surface area contributed by atoms with Gasteiger partial charge in [0.25, 0.3) is 0 Å². The van der Waals surface area contributed by atoms with E-state index in [-0.39, 0.29) is 0 Å². The molecule has 6 heteroatoms. The Hall–Kier alpha value is -1.37. The Bertz CT molecular complexity index is 724. The standard InChI is InChI=1S/C15H18N2O2S2/c1-17(11-13-5-3-9-20-13)21(18,19)14-7-6-12-4-2-8-16-15(12)10-14/h3,5-7,9-10,16H,2,4,8,11H2,1H3. The number of aryl methyl sites for hydroxylation is 1. The third-order valence-electron chi connectivity index (χ3n) is 3.69. The van der Waals surface area contributed by atoms with E-state index >= 15 is 0 Å². The number of sulfonamides is 1. The normalized spacial score (nSPS) is 14.8. The fourth-order valence-electron chi connectivity index (χ4n) is 2.49. The summed E-state index contributed by atoms with van der Waals surface area (Å²) >= 11 is 1.57. The second kappa shape index (κ2) is 5.79. The molecule has 1 aliphatic rings. The molecule has 112 valence electrons. The second-order valence-corrected chi connectivity index (χ2v) is 8.27. The largest absolute Gasteiger partial charge is 0.385 e. The highest BCUT2D eigenvalue weighted by atomic mass is 32.2. The average Bonchev–Trinajstić information content (AvgIpc) is 2.99. The lowest BCUT2D eigenvalue weighted by atomic mass is 10.0. The molecule has 0 aliphatic carbocycles. The Morgan fingerprint density at radius 3 is 2.95 bits per heavy atom. The van der Waals surface area contributed by atoms with Gasteiger partial charge in [-0.05, 0) is 42.0 Å². The van der Waals surface area contributed by atoms with Gasteiger partial charge in [-0.15, -0.1) is 11.3 Å². The summed E-state index contributed by atoms with van der Waals surface area (Å²) in [4.78, 5) is 1.40. The highest BCUT2D eigenvalue weighted by Gasteiger charge is 2.22. The molecule has 0 saturated carbocycles. The lowest BCUT2D eigenvalue weighted by Gasteiger charge is -2.21. The first-order valence-electron chi connectivity index (χ1n) is 6.93. The number of hydrogen-bond acceptors (Lipinski definition) is 4. The minimum absolute atomic E-state index is 0.356. The van der Waals surface area contributed by atoms with Gasteiger partial charge in [-0.25, -0.2) is 8.42 Å². The van der Waals surface area contributed by atoms with Crippen LogP contribution in [0.25, 0.3) is 0 Å². The molecule has 3 rings (SSSR count). The number of thiophene rings is 1. The molecule has 0 spiro atoms. The van der Waals surface area contributed by atoms with Gasteiger partial charge in [-0.3, -0.25) is 0 Å². The van der Waals surface area contributed by atoms with Crippen LogP contribution in [0.4, 0.5) is 5.69 Å². The number of hydrogen-bond donors (Lipinski definition) is 1. The smallest absolute Gasteiger partial charge is 0.243 e. The fraction of sp³-hybridized carbons (Fsp3) is 0.333. The van der Waals surface area contributed by atoms with E-state index in [1.165, 1.54) is 9.87 Å². The van der Waals surface area contributed by atoms with Gasteiger partial charge in [0.1, 0.15) is 0 Å². The monoisotopic (exact) mass is 322 g/mol. The first-order chi connectivity index (χ1) is 10.1. The zero-order valence-electron chi connectivity index (χ0n) is 11.9. The molecule has 1 N–H and O–H groups in total. The number of anilines is 1. The molecule has 0 saturated heterocycles. The van der Waals surface area contributed by atoms with E-state index in [0.29, 0.717) is 11.4 Å². The highest BCUT2D eigenvalue weighted by molar-refractivity contribution is 7.89. The van der Waals surface area contributed by atoms with Crippen LogP contribution in [0.1, 0.15) is 16.9 Å². The maximum atomic E-state index is 12.6. The zero-order chi connectivity index (χ0) is 14.9. The first-order valence-corrected chi connectivity index (χ1v) is 9.25. The van der Waals surface area contributed by atoms with Crippen LogP contribution in [-0.4, -0.2) is 26.3 Å². The van der Waals surface area contributed by atoms with Gasteiger partial charge in [-0.1, -0.05) is 12.1 Å². The van der Waals surface area contributed by atoms with E-state index in [1.807, 2.05) is 23.6 Å². The van der Waals surface area contributed by atoms with Crippen molar-refractivity contribution in [3.05, 3.63) is 46.2 Å². The van der Waals surface area contributed by atoms with Crippen molar-refractivity contribution in [3.63, 3.8) is 0 Å². The summed E-state index contributed by atoms with van der Waals surface area (Å²) in [6.07, 6.45) is 2.10. The summed E-state index contributed by atoms with van der Waals surface area (Å²) in [6.45, 7) is 1.31. The molecule has 2 heterocycles. The number of nitrogens with zero attached hydrogens (tertiary/aromatic N) is 1. The molecule has 1 aliphatic heterocycles. The summed E-state index contributed by atoms with van der Waals surface area (Å²) in [5.41, 5.74) is 2.15. The number of nitrogens with one attached hydrogen (secondary N) is 1. The minimum atomic E-state index is -3.45. The molecule has 0 radical (unpaired) electrons. The van der Waals surface area contributed by atoms with Crippen LogP contribution >= 0.6 is 11.3 Å². The van der Waals surface area contributed by atoms with E-state index in [4.69, 9.17) is 0 Å². The lowest BCUT2D eigenvalue weighted by Crippen LogP contribution is -2.26. The fourth-order valence-corrected chi connectivity index (χ4v) is 4.50. The van der Waals surface area contributed by atoms with E-state index < -0.39 is 10.0 Å². The molecule has 0 atom stereocenters. The molecule has 0 unspecified atom stereocenters. The predicted octanol–water partition coefficient (Wildman–Crippen LogP) is 2.93. The van der Waals surface area contributed by atoms with Crippen molar-refractivity contribution in [1.82, 2.24) is 4.31 Å². The van der Waals surface area contributed by atoms with E-state index in [1.54, 1.807) is 30.5 Å². The maximum absolute atomic E-state index is 12.6. The predicted molar refractivity (Wildman–Crippen MR) is 86.2 cm³/mol. The van der Waals surface area contributed by atoms with Gasteiger partial charge in [-0.2, -0.15) is 4.31 Å². The Morgan fingerprint density at radius 2 is 2.19 bits per heavy atom. The Balaban J connectivity index is 1.87. The van der Waals surface area contributed by atoms with Gasteiger partial charge in [0.2, 0.25) is 10.0 Å². The number of benzene rings is 1. The molecule has 1 aromatic carbocycles. The Labute approximate surface area is 129 Å². The van der Waals surface area contributed by atoms with Crippen molar-refractivity contribution in [2.75, 3.05) is 18.9 Å². The molecular formula is C15H18N2O2S2. The number of rotatable bonds is 4. The molecule has 1 aromatic heterocycles. The zero-order valence-corrected chi connectivity index (χ0v) is 13.5. The van der Waals surface area contributed by atoms with Crippen molar-refractivity contribution in [2.24, 2.45) is 0 Å². The molecule has 2 aromatic rings. The molecule has 4 nitrogen and oxygen atoms in total. The van der Waals surface area contributed by atoms with Crippen LogP contribution in [0.5, 0.6) is 0 Å². The average molecular weight is 322 g/mol. The van der Waals surface area contributed by atoms with Crippen LogP contribution in [-0.2, 0) is 23.0 Å². The summed E-state index contributed by atoms with van der Waals surface area (Å²) in [5, 5.41) is 5.24. The minimum Gasteiger partial charge on any atom is -0.385 e. The van der Waals surface area contributed by atoms with E-state index in [2.05, 4.69) is 5.32 Å². The summed E-state index contributed by atoms with van der Waals surface area (Å²) in [5.74, 6) is 0. The van der Waals surface area contributed by atoms with Gasteiger partial charge in [0, 0.05) is 30.7 Å². The molecule has 0 fully saturated rings. The topological polar surface area (TPSA) is 49.4 Å². The van der Waals surface area contributed by atoms with Crippen LogP contribution in [0, 0.1) is 0 Å². The maximum Gasteiger partial charge on any atom is 0.243 e. The lowest BCUT2D eigenvalue weighted by molar-refractivity contribution is 0.469. The van der Waals surface area contributed by atoms with Gasteiger partial charge in [0.15, 0.2) is 0 Å². The second-order valence-electron chi connectivity index (χ2n) is 5.19. The summed E-state index contributed by atoms with van der Waals surface area (Å²) < 4.78 is 26.7. The Kier molecular flexibility index (Phi) is 4.01. The highest BCUT2D eigenvalue weighted by Crippen LogP contribution is 2.27. The van der Waals surface area contributed by atoms with Crippen molar-refractivity contribution < 1.29 is 8.42 Å². The Morgan fingerprint density at radius 1 is 1.33 bits per heavy atom. The number of fused-ring (bicyclic) bond motifs is 1. The molecular weight excluding hydrogens is 304 g/mol. The van der Waals surface area contributed by atoms with Gasteiger partial charge >= 0.3 is 0 Å². The summed E-state index contributed by atoms with van der Waals surface area (Å²) in [7, 11) is -1.82. The van der Waals surface area contributed by atoms with Gasteiger partial charge in [0.05, 0.1) is 4.90 Å². The van der Waals surface area contributed by atoms with Crippen molar-refractivity contribution in [3.8, 4) is 0 Å². The third-order valence-corrected chi connectivity index (χ3v) is 6.35. The SMILES string of the molecule is CN(Cc1cccs1)S(=O)(=O)c1ccc2c(c1)NCCC2. The molecule has 21 heavy (non-hydrogen) atoms. The van der Waals surface area contributed by atoms with Crippen LogP contribution in [0.3, 0.4) is 0 Å². The van der Waals surface area contributed by atoms with Crippen molar-refractivity contribution in [1.29, 1.82) is 0 Å². The van der Waals surface area contributed by atoms with Crippen LogP contribution in [0.2, 0.25) is 0 Å². The third kappa shape index (κ3) is 2.97. The summed E-state index contributed by atoms with van der Waals surface area (Å²) in [6, 6.07) is 9.28. The van der Waals surface area contributed by atoms with Crippen LogP contribution < -0.4 is 5.32 Å². The van der Waals surface area contributed by atoms with Crippen molar-refractivity contribution in [2.45, 2.75) is 24.3 Å². The van der Waals surface area contributed by atoms with Crippen LogP contribution in [0.15, 0.2) is 40.6 Å². The quantitative estimate of drug-likeness (QED) is 0.941.